The highest BCUT2D eigenvalue weighted by atomic mass is 32.1. The molecule has 0 unspecified atom stereocenters. The van der Waals surface area contributed by atoms with Gasteiger partial charge in [0.2, 0.25) is 11.8 Å². The minimum absolute atomic E-state index is 0.0490. The van der Waals surface area contributed by atoms with Crippen LogP contribution in [-0.2, 0) is 0 Å². The lowest BCUT2D eigenvalue weighted by Crippen LogP contribution is -2.10. The van der Waals surface area contributed by atoms with Crippen molar-refractivity contribution in [3.8, 4) is 5.88 Å². The third kappa shape index (κ3) is 2.64. The Bertz CT molecular complexity index is 1280. The molecule has 4 aromatic rings. The molecule has 7 heteroatoms. The summed E-state index contributed by atoms with van der Waals surface area (Å²) in [6.45, 7) is 0. The molecule has 0 saturated carbocycles. The number of hydrogen-bond donors (Lipinski definition) is 3. The van der Waals surface area contributed by atoms with Crippen LogP contribution >= 0.6 is 11.3 Å². The number of aromatic amines is 1. The van der Waals surface area contributed by atoms with E-state index in [-0.39, 0.29) is 5.88 Å². The summed E-state index contributed by atoms with van der Waals surface area (Å²) in [5.74, 6) is 0.431. The van der Waals surface area contributed by atoms with Gasteiger partial charge in [-0.05, 0) is 47.7 Å². The lowest BCUT2D eigenvalue weighted by atomic mass is 10.1. The molecule has 0 radical (unpaired) electrons. The average molecular weight is 359 g/mol. The van der Waals surface area contributed by atoms with Crippen LogP contribution in [0.3, 0.4) is 0 Å². The number of aromatic nitrogens is 3. The number of benzene rings is 2. The van der Waals surface area contributed by atoms with E-state index in [4.69, 9.17) is 0 Å². The highest BCUT2D eigenvalue weighted by molar-refractivity contribution is 7.16. The second-order valence-electron chi connectivity index (χ2n) is 5.89. The maximum Gasteiger partial charge on any atom is 0.238 e. The van der Waals surface area contributed by atoms with Gasteiger partial charge in [0.1, 0.15) is 5.69 Å². The van der Waals surface area contributed by atoms with Crippen LogP contribution in [0.1, 0.15) is 11.3 Å². The van der Waals surface area contributed by atoms with Gasteiger partial charge in [0.15, 0.2) is 0 Å². The Morgan fingerprint density at radius 3 is 3.08 bits per heavy atom. The Morgan fingerprint density at radius 2 is 2.12 bits per heavy atom. The molecule has 2 aromatic carbocycles. The number of fused-ring (bicyclic) bond motifs is 2. The Labute approximate surface area is 151 Å². The molecule has 3 heterocycles. The van der Waals surface area contributed by atoms with E-state index < -0.39 is 0 Å². The fraction of sp³-hybridized carbons (Fsp3) is 0. The summed E-state index contributed by atoms with van der Waals surface area (Å²) >= 11 is 1.58. The van der Waals surface area contributed by atoms with E-state index in [1.165, 1.54) is 0 Å². The van der Waals surface area contributed by atoms with Crippen LogP contribution < -0.4 is 15.9 Å². The van der Waals surface area contributed by atoms with E-state index in [0.29, 0.717) is 11.6 Å². The molecule has 1 aliphatic rings. The number of nitrogens with zero attached hydrogens (tertiary/aromatic N) is 3. The minimum atomic E-state index is -0.0490. The highest BCUT2D eigenvalue weighted by Gasteiger charge is 2.08. The molecule has 126 valence electrons. The third-order valence-corrected chi connectivity index (χ3v) is 4.93. The van der Waals surface area contributed by atoms with Gasteiger partial charge >= 0.3 is 0 Å². The van der Waals surface area contributed by atoms with Crippen molar-refractivity contribution in [3.63, 3.8) is 0 Å². The van der Waals surface area contributed by atoms with Crippen molar-refractivity contribution < 1.29 is 5.11 Å². The Hall–Kier alpha value is -3.45. The van der Waals surface area contributed by atoms with Crippen LogP contribution in [-0.4, -0.2) is 20.1 Å². The molecule has 1 aliphatic heterocycles. The summed E-state index contributed by atoms with van der Waals surface area (Å²) in [6.07, 6.45) is 5.60. The molecule has 0 spiro atoms. The summed E-state index contributed by atoms with van der Waals surface area (Å²) in [6, 6.07) is 11.8. The number of rotatable bonds is 3. The topological polar surface area (TPSA) is 86.2 Å². The standard InChI is InChI=1S/C19H13N5OS/c25-18-16(8-11-1-3-14-12(7-11)5-6-20-14)23-19(24-18)22-13-2-4-15-17(9-13)26-10-21-15/h1-10,25H,(H2,22,23,24). The van der Waals surface area contributed by atoms with Gasteiger partial charge in [0, 0.05) is 17.5 Å². The van der Waals surface area contributed by atoms with Crippen molar-refractivity contribution >= 4 is 45.3 Å². The number of H-pyrrole nitrogens is 1. The van der Waals surface area contributed by atoms with E-state index in [1.807, 2.05) is 54.1 Å². The molecule has 0 bridgehead atoms. The first kappa shape index (κ1) is 14.9. The maximum atomic E-state index is 10.1. The van der Waals surface area contributed by atoms with Crippen molar-refractivity contribution in [2.24, 2.45) is 4.99 Å². The summed E-state index contributed by atoms with van der Waals surface area (Å²) in [7, 11) is 0. The fourth-order valence-electron chi connectivity index (χ4n) is 2.89. The quantitative estimate of drug-likeness (QED) is 0.525. The zero-order valence-electron chi connectivity index (χ0n) is 13.5. The number of aromatic hydroxyl groups is 1. The van der Waals surface area contributed by atoms with E-state index in [1.54, 1.807) is 17.5 Å². The maximum absolute atomic E-state index is 10.1. The molecule has 0 saturated heterocycles. The van der Waals surface area contributed by atoms with Crippen LogP contribution in [0.4, 0.5) is 11.6 Å². The Morgan fingerprint density at radius 1 is 1.15 bits per heavy atom. The first-order valence-corrected chi connectivity index (χ1v) is 8.88. The smallest absolute Gasteiger partial charge is 0.238 e. The minimum Gasteiger partial charge on any atom is -0.492 e. The fourth-order valence-corrected chi connectivity index (χ4v) is 3.60. The van der Waals surface area contributed by atoms with Crippen molar-refractivity contribution in [2.75, 3.05) is 5.32 Å². The van der Waals surface area contributed by atoms with Gasteiger partial charge in [0.05, 0.1) is 21.1 Å². The van der Waals surface area contributed by atoms with Gasteiger partial charge in [-0.2, -0.15) is 4.98 Å². The van der Waals surface area contributed by atoms with Crippen molar-refractivity contribution in [2.45, 2.75) is 0 Å². The first-order chi connectivity index (χ1) is 12.7. The predicted molar refractivity (Wildman–Crippen MR) is 103 cm³/mol. The van der Waals surface area contributed by atoms with Crippen molar-refractivity contribution in [1.29, 1.82) is 0 Å². The van der Waals surface area contributed by atoms with Gasteiger partial charge in [0.25, 0.3) is 0 Å². The molecule has 3 N–H and O–H groups in total. The SMILES string of the molecule is Oc1nc(Nc2ccc3ncsc3c2)[nH]c1C=c1ccc2c(c1)C=CN=2. The van der Waals surface area contributed by atoms with Crippen LogP contribution in [0.5, 0.6) is 5.88 Å². The molecule has 6 nitrogen and oxygen atoms in total. The molecular formula is C19H13N5OS. The van der Waals surface area contributed by atoms with Gasteiger partial charge in [-0.1, -0.05) is 6.07 Å². The summed E-state index contributed by atoms with van der Waals surface area (Å²) in [4.78, 5) is 15.8. The first-order valence-electron chi connectivity index (χ1n) is 8.00. The average Bonchev–Trinajstić information content (AvgIpc) is 3.35. The van der Waals surface area contributed by atoms with Gasteiger partial charge in [-0.25, -0.2) is 4.98 Å². The second-order valence-corrected chi connectivity index (χ2v) is 6.78. The lowest BCUT2D eigenvalue weighted by Gasteiger charge is -2.01. The van der Waals surface area contributed by atoms with E-state index in [9.17, 15) is 5.11 Å². The molecule has 26 heavy (non-hydrogen) atoms. The number of nitrogens with one attached hydrogen (secondary N) is 2. The summed E-state index contributed by atoms with van der Waals surface area (Å²) < 4.78 is 1.09. The summed E-state index contributed by atoms with van der Waals surface area (Å²) in [5, 5.41) is 15.2. The Balaban J connectivity index is 1.47. The van der Waals surface area contributed by atoms with Gasteiger partial charge in [-0.15, -0.1) is 11.3 Å². The summed E-state index contributed by atoms with van der Waals surface area (Å²) in [5.41, 5.74) is 5.28. The van der Waals surface area contributed by atoms with E-state index in [2.05, 4.69) is 25.3 Å². The van der Waals surface area contributed by atoms with Crippen molar-refractivity contribution in [3.05, 3.63) is 69.9 Å². The third-order valence-electron chi connectivity index (χ3n) is 4.14. The van der Waals surface area contributed by atoms with Crippen LogP contribution in [0.15, 0.2) is 53.1 Å². The van der Waals surface area contributed by atoms with Crippen molar-refractivity contribution in [1.82, 2.24) is 15.0 Å². The monoisotopic (exact) mass is 359 g/mol. The normalized spacial score (nSPS) is 13.2. The molecular weight excluding hydrogens is 346 g/mol. The van der Waals surface area contributed by atoms with E-state index in [0.717, 1.165) is 32.0 Å². The molecule has 0 atom stereocenters. The van der Waals surface area contributed by atoms with E-state index >= 15 is 0 Å². The largest absolute Gasteiger partial charge is 0.492 e. The zero-order valence-corrected chi connectivity index (χ0v) is 14.3. The molecule has 2 aromatic heterocycles. The number of imidazole rings is 1. The molecule has 0 amide bonds. The number of hydrogen-bond acceptors (Lipinski definition) is 6. The molecule has 0 fully saturated rings. The van der Waals surface area contributed by atoms with Crippen LogP contribution in [0, 0.1) is 0 Å². The number of thiazole rings is 1. The highest BCUT2D eigenvalue weighted by Crippen LogP contribution is 2.25. The van der Waals surface area contributed by atoms with Crippen LogP contribution in [0.25, 0.3) is 22.4 Å². The number of anilines is 2. The second kappa shape index (κ2) is 5.82. The Kier molecular flexibility index (Phi) is 3.32. The van der Waals surface area contributed by atoms with Gasteiger partial charge in [-0.3, -0.25) is 4.99 Å². The van der Waals surface area contributed by atoms with Crippen LogP contribution in [0.2, 0.25) is 0 Å². The molecule has 0 aliphatic carbocycles. The molecule has 5 rings (SSSR count). The lowest BCUT2D eigenvalue weighted by molar-refractivity contribution is 0.455. The van der Waals surface area contributed by atoms with Gasteiger partial charge < -0.3 is 15.4 Å². The predicted octanol–water partition coefficient (Wildman–Crippen LogP) is 2.90. The zero-order chi connectivity index (χ0) is 17.5.